The van der Waals surface area contributed by atoms with Gasteiger partial charge in [0.1, 0.15) is 0 Å². The highest BCUT2D eigenvalue weighted by Crippen LogP contribution is 2.51. The Bertz CT molecular complexity index is 536. The van der Waals surface area contributed by atoms with Crippen molar-refractivity contribution in [2.45, 2.75) is 38.3 Å². The van der Waals surface area contributed by atoms with E-state index in [1.54, 1.807) is 13.2 Å². The number of β-lactam (4-membered cyclic amide) rings is 1. The van der Waals surface area contributed by atoms with Crippen LogP contribution in [-0.4, -0.2) is 41.3 Å². The van der Waals surface area contributed by atoms with E-state index in [-0.39, 0.29) is 29.9 Å². The normalized spacial score (nSPS) is 33.9. The minimum absolute atomic E-state index is 0.0743. The predicted octanol–water partition coefficient (Wildman–Crippen LogP) is 1.88. The van der Waals surface area contributed by atoms with E-state index in [0.29, 0.717) is 0 Å². The van der Waals surface area contributed by atoms with Gasteiger partial charge in [0.15, 0.2) is 0 Å². The molecule has 6 heteroatoms. The van der Waals surface area contributed by atoms with Gasteiger partial charge in [-0.3, -0.25) is 9.69 Å². The molecule has 20 heavy (non-hydrogen) atoms. The molecule has 0 spiro atoms. The average molecular weight is 279 g/mol. The summed E-state index contributed by atoms with van der Waals surface area (Å²) in [5, 5.41) is 8.91. The second-order valence-corrected chi connectivity index (χ2v) is 5.25. The maximum atomic E-state index is 12.1. The summed E-state index contributed by atoms with van der Waals surface area (Å²) in [5.41, 5.74) is 1.57. The van der Waals surface area contributed by atoms with E-state index in [1.165, 1.54) is 4.90 Å². The number of ether oxygens (including phenoxy) is 2. The molecule has 2 fully saturated rings. The van der Waals surface area contributed by atoms with E-state index in [9.17, 15) is 9.59 Å². The summed E-state index contributed by atoms with van der Waals surface area (Å²) in [6.45, 7) is 1.83. The first kappa shape index (κ1) is 13.2. The molecule has 1 saturated heterocycles. The standard InChI is InChI=1S/C14H17NO5/c1-3-7-11-8-5-4-6-9(19-2)10(8)13(20-14(17)18)15(11)12(7)16/h3,8-9,11H,4-6H2,1-2H3,(H,17,18)/b7-3+/t8-,9-,11-/m0/s1. The lowest BCUT2D eigenvalue weighted by molar-refractivity contribution is -0.136. The van der Waals surface area contributed by atoms with Crippen LogP contribution in [0.1, 0.15) is 26.2 Å². The van der Waals surface area contributed by atoms with Gasteiger partial charge in [0.25, 0.3) is 5.91 Å². The van der Waals surface area contributed by atoms with Crippen molar-refractivity contribution in [1.82, 2.24) is 4.90 Å². The maximum Gasteiger partial charge on any atom is 0.512 e. The predicted molar refractivity (Wildman–Crippen MR) is 68.7 cm³/mol. The van der Waals surface area contributed by atoms with E-state index in [0.717, 1.165) is 30.4 Å². The van der Waals surface area contributed by atoms with Gasteiger partial charge in [-0.05, 0) is 26.2 Å². The van der Waals surface area contributed by atoms with Crippen LogP contribution in [0.5, 0.6) is 0 Å². The van der Waals surface area contributed by atoms with Crippen molar-refractivity contribution < 1.29 is 24.2 Å². The molecule has 0 unspecified atom stereocenters. The number of rotatable bonds is 2. The van der Waals surface area contributed by atoms with Gasteiger partial charge in [-0.15, -0.1) is 0 Å². The topological polar surface area (TPSA) is 76.1 Å². The van der Waals surface area contributed by atoms with Crippen molar-refractivity contribution in [3.05, 3.63) is 23.1 Å². The fraction of sp³-hybridized carbons (Fsp3) is 0.571. The third-order valence-electron chi connectivity index (χ3n) is 4.42. The number of carboxylic acid groups (broad SMARTS) is 1. The van der Waals surface area contributed by atoms with Crippen molar-refractivity contribution >= 4 is 12.1 Å². The van der Waals surface area contributed by atoms with Crippen molar-refractivity contribution in [3.63, 3.8) is 0 Å². The Labute approximate surface area is 116 Å². The molecule has 0 aromatic heterocycles. The largest absolute Gasteiger partial charge is 0.512 e. The van der Waals surface area contributed by atoms with Crippen LogP contribution in [0.4, 0.5) is 4.79 Å². The molecule has 3 atom stereocenters. The molecule has 0 aromatic carbocycles. The van der Waals surface area contributed by atoms with E-state index < -0.39 is 6.16 Å². The van der Waals surface area contributed by atoms with E-state index >= 15 is 0 Å². The maximum absolute atomic E-state index is 12.1. The SMILES string of the molecule is C/C=C1/C(=O)N2C(OC(=O)O)=C3[C@@H](OC)CCC[C@@H]3[C@H]12. The molecule has 3 aliphatic rings. The minimum Gasteiger partial charge on any atom is -0.449 e. The van der Waals surface area contributed by atoms with Crippen molar-refractivity contribution in [2.75, 3.05) is 7.11 Å². The first-order valence-electron chi connectivity index (χ1n) is 6.77. The molecule has 6 nitrogen and oxygen atoms in total. The number of nitrogens with zero attached hydrogens (tertiary/aromatic N) is 1. The molecule has 108 valence electrons. The molecule has 2 heterocycles. The summed E-state index contributed by atoms with van der Waals surface area (Å²) in [7, 11) is 1.60. The highest BCUT2D eigenvalue weighted by atomic mass is 16.7. The van der Waals surface area contributed by atoms with Crippen LogP contribution in [0, 0.1) is 5.92 Å². The molecule has 1 saturated carbocycles. The van der Waals surface area contributed by atoms with Crippen LogP contribution in [0.25, 0.3) is 0 Å². The number of allylic oxidation sites excluding steroid dienone is 1. The second-order valence-electron chi connectivity index (χ2n) is 5.25. The number of fused-ring (bicyclic) bond motifs is 3. The number of amides is 1. The van der Waals surface area contributed by atoms with E-state index in [2.05, 4.69) is 0 Å². The lowest BCUT2D eigenvalue weighted by Gasteiger charge is -2.41. The number of methoxy groups -OCH3 is 1. The second kappa shape index (κ2) is 4.63. The van der Waals surface area contributed by atoms with Gasteiger partial charge in [0, 0.05) is 24.2 Å². The quantitative estimate of drug-likeness (QED) is 0.474. The fourth-order valence-corrected chi connectivity index (χ4v) is 3.65. The zero-order valence-electron chi connectivity index (χ0n) is 11.5. The van der Waals surface area contributed by atoms with Gasteiger partial charge in [-0.25, -0.2) is 4.79 Å². The van der Waals surface area contributed by atoms with Gasteiger partial charge >= 0.3 is 6.16 Å². The Balaban J connectivity index is 2.04. The molecule has 2 aliphatic heterocycles. The fourth-order valence-electron chi connectivity index (χ4n) is 3.65. The number of carbonyl (C=O) groups is 2. The minimum atomic E-state index is -1.39. The summed E-state index contributed by atoms with van der Waals surface area (Å²) in [6, 6.07) is -0.0743. The number of hydrogen-bond donors (Lipinski definition) is 1. The zero-order chi connectivity index (χ0) is 14.4. The van der Waals surface area contributed by atoms with Crippen molar-refractivity contribution in [2.24, 2.45) is 5.92 Å². The number of carbonyl (C=O) groups excluding carboxylic acids is 1. The van der Waals surface area contributed by atoms with Crippen LogP contribution in [0.3, 0.4) is 0 Å². The van der Waals surface area contributed by atoms with Gasteiger partial charge in [-0.1, -0.05) is 6.08 Å². The smallest absolute Gasteiger partial charge is 0.449 e. The van der Waals surface area contributed by atoms with Gasteiger partial charge in [0.2, 0.25) is 5.88 Å². The summed E-state index contributed by atoms with van der Waals surface area (Å²) < 4.78 is 10.4. The van der Waals surface area contributed by atoms with Crippen molar-refractivity contribution in [3.8, 4) is 0 Å². The van der Waals surface area contributed by atoms with E-state index in [1.807, 2.05) is 6.92 Å². The monoisotopic (exact) mass is 279 g/mol. The van der Waals surface area contributed by atoms with Gasteiger partial charge in [-0.2, -0.15) is 0 Å². The van der Waals surface area contributed by atoms with Crippen LogP contribution < -0.4 is 0 Å². The summed E-state index contributed by atoms with van der Waals surface area (Å²) >= 11 is 0. The highest BCUT2D eigenvalue weighted by molar-refractivity contribution is 6.04. The first-order valence-corrected chi connectivity index (χ1v) is 6.77. The Morgan fingerprint density at radius 3 is 2.80 bits per heavy atom. The van der Waals surface area contributed by atoms with Crippen LogP contribution in [-0.2, 0) is 14.3 Å². The summed E-state index contributed by atoms with van der Waals surface area (Å²) in [5.74, 6) is 0.132. The third-order valence-corrected chi connectivity index (χ3v) is 4.42. The Hall–Kier alpha value is -1.82. The zero-order valence-corrected chi connectivity index (χ0v) is 11.5. The Kier molecular flexibility index (Phi) is 3.05. The number of hydrogen-bond acceptors (Lipinski definition) is 4. The molecule has 0 radical (unpaired) electrons. The molecular weight excluding hydrogens is 262 g/mol. The van der Waals surface area contributed by atoms with Crippen LogP contribution >= 0.6 is 0 Å². The van der Waals surface area contributed by atoms with Crippen LogP contribution in [0.15, 0.2) is 23.1 Å². The average Bonchev–Trinajstić information content (AvgIpc) is 2.69. The highest BCUT2D eigenvalue weighted by Gasteiger charge is 2.58. The Morgan fingerprint density at radius 2 is 2.20 bits per heavy atom. The summed E-state index contributed by atoms with van der Waals surface area (Å²) in [6.07, 6.45) is 3.00. The van der Waals surface area contributed by atoms with E-state index in [4.69, 9.17) is 14.6 Å². The summed E-state index contributed by atoms with van der Waals surface area (Å²) in [4.78, 5) is 24.5. The lowest BCUT2D eigenvalue weighted by Crippen LogP contribution is -2.54. The molecule has 3 rings (SSSR count). The lowest BCUT2D eigenvalue weighted by atomic mass is 9.76. The third kappa shape index (κ3) is 1.61. The first-order chi connectivity index (χ1) is 9.60. The van der Waals surface area contributed by atoms with Crippen molar-refractivity contribution in [1.29, 1.82) is 0 Å². The molecule has 1 N–H and O–H groups in total. The van der Waals surface area contributed by atoms with Gasteiger partial charge in [0.05, 0.1) is 12.1 Å². The van der Waals surface area contributed by atoms with Crippen LogP contribution in [0.2, 0.25) is 0 Å². The molecule has 0 bridgehead atoms. The van der Waals surface area contributed by atoms with Gasteiger partial charge < -0.3 is 14.6 Å². The molecule has 1 aliphatic carbocycles. The molecule has 1 amide bonds. The molecular formula is C14H17NO5. The Morgan fingerprint density at radius 1 is 1.45 bits per heavy atom. The molecule has 0 aromatic rings.